The fourth-order valence-electron chi connectivity index (χ4n) is 1.95. The Kier molecular flexibility index (Phi) is 4.79. The number of benzene rings is 2. The lowest BCUT2D eigenvalue weighted by molar-refractivity contribution is 0.0989. The van der Waals surface area contributed by atoms with Crippen LogP contribution in [0.25, 0.3) is 0 Å². The number of Topliss-reactive ketones (excluding diaryl/α,β-unsaturated/α-hetero) is 1. The van der Waals surface area contributed by atoms with Gasteiger partial charge in [-0.1, -0.05) is 30.3 Å². The molecule has 0 unspecified atom stereocenters. The highest BCUT2D eigenvalue weighted by molar-refractivity contribution is 9.10. The van der Waals surface area contributed by atoms with E-state index in [1.54, 1.807) is 26.4 Å². The first-order valence-electron chi connectivity index (χ1n) is 6.14. The number of carbonyl (C=O) groups is 1. The lowest BCUT2D eigenvalue weighted by atomic mass is 10.0. The Labute approximate surface area is 126 Å². The average molecular weight is 335 g/mol. The molecular weight excluding hydrogens is 320 g/mol. The molecule has 0 aliphatic carbocycles. The number of halogens is 1. The Bertz CT molecular complexity index is 609. The molecule has 2 aromatic rings. The van der Waals surface area contributed by atoms with E-state index in [-0.39, 0.29) is 5.78 Å². The number of methoxy groups -OCH3 is 2. The van der Waals surface area contributed by atoms with Gasteiger partial charge in [-0.3, -0.25) is 4.79 Å². The van der Waals surface area contributed by atoms with E-state index in [2.05, 4.69) is 15.9 Å². The van der Waals surface area contributed by atoms with Gasteiger partial charge in [0.05, 0.1) is 24.3 Å². The van der Waals surface area contributed by atoms with Crippen LogP contribution in [0.3, 0.4) is 0 Å². The number of carbonyl (C=O) groups excluding carboxylic acids is 1. The number of hydrogen-bond donors (Lipinski definition) is 0. The summed E-state index contributed by atoms with van der Waals surface area (Å²) in [6.45, 7) is 0. The van der Waals surface area contributed by atoms with Gasteiger partial charge in [0, 0.05) is 6.42 Å². The van der Waals surface area contributed by atoms with Crippen molar-refractivity contribution in [3.8, 4) is 11.5 Å². The van der Waals surface area contributed by atoms with Crippen molar-refractivity contribution >= 4 is 21.7 Å². The van der Waals surface area contributed by atoms with Gasteiger partial charge in [0.25, 0.3) is 0 Å². The van der Waals surface area contributed by atoms with Crippen LogP contribution >= 0.6 is 15.9 Å². The summed E-state index contributed by atoms with van der Waals surface area (Å²) in [7, 11) is 3.12. The molecule has 0 bridgehead atoms. The van der Waals surface area contributed by atoms with Crippen LogP contribution in [0.1, 0.15) is 15.9 Å². The van der Waals surface area contributed by atoms with E-state index in [0.717, 1.165) is 10.0 Å². The SMILES string of the molecule is COc1cc(C(=O)Cc2ccccc2)c(OC)cc1Br. The van der Waals surface area contributed by atoms with Gasteiger partial charge >= 0.3 is 0 Å². The number of rotatable bonds is 5. The first-order chi connectivity index (χ1) is 9.65. The highest BCUT2D eigenvalue weighted by Gasteiger charge is 2.16. The Morgan fingerprint density at radius 3 is 2.30 bits per heavy atom. The van der Waals surface area contributed by atoms with Crippen LogP contribution in [0, 0.1) is 0 Å². The van der Waals surface area contributed by atoms with E-state index in [0.29, 0.717) is 23.5 Å². The van der Waals surface area contributed by atoms with Crippen molar-refractivity contribution in [3.63, 3.8) is 0 Å². The summed E-state index contributed by atoms with van der Waals surface area (Å²) in [6.07, 6.45) is 0.335. The smallest absolute Gasteiger partial charge is 0.171 e. The number of ketones is 1. The van der Waals surface area contributed by atoms with Crippen molar-refractivity contribution in [2.24, 2.45) is 0 Å². The second kappa shape index (κ2) is 6.57. The maximum Gasteiger partial charge on any atom is 0.171 e. The molecule has 0 radical (unpaired) electrons. The zero-order valence-electron chi connectivity index (χ0n) is 11.4. The Morgan fingerprint density at radius 2 is 1.70 bits per heavy atom. The van der Waals surface area contributed by atoms with E-state index < -0.39 is 0 Å². The fraction of sp³-hybridized carbons (Fsp3) is 0.188. The minimum Gasteiger partial charge on any atom is -0.496 e. The topological polar surface area (TPSA) is 35.5 Å². The van der Waals surface area contributed by atoms with Crippen LogP contribution in [0.5, 0.6) is 11.5 Å². The second-order valence-electron chi connectivity index (χ2n) is 4.27. The van der Waals surface area contributed by atoms with E-state index >= 15 is 0 Å². The third-order valence-electron chi connectivity index (χ3n) is 2.98. The van der Waals surface area contributed by atoms with Gasteiger partial charge in [-0.2, -0.15) is 0 Å². The normalized spacial score (nSPS) is 10.2. The number of ether oxygens (including phenoxy) is 2. The molecule has 0 heterocycles. The summed E-state index contributed by atoms with van der Waals surface area (Å²) in [6, 6.07) is 13.1. The van der Waals surface area contributed by atoms with Crippen LogP contribution in [0.4, 0.5) is 0 Å². The van der Waals surface area contributed by atoms with Crippen LogP contribution in [-0.4, -0.2) is 20.0 Å². The number of hydrogen-bond acceptors (Lipinski definition) is 3. The molecule has 0 atom stereocenters. The van der Waals surface area contributed by atoms with Crippen LogP contribution < -0.4 is 9.47 Å². The average Bonchev–Trinajstić information content (AvgIpc) is 2.47. The summed E-state index contributed by atoms with van der Waals surface area (Å²) in [4.78, 5) is 12.4. The molecular formula is C16H15BrO3. The van der Waals surface area contributed by atoms with E-state index in [1.807, 2.05) is 30.3 Å². The predicted molar refractivity (Wildman–Crippen MR) is 81.7 cm³/mol. The Balaban J connectivity index is 2.33. The minimum absolute atomic E-state index is 0.00106. The van der Waals surface area contributed by atoms with Gasteiger partial charge < -0.3 is 9.47 Å². The van der Waals surface area contributed by atoms with Crippen LogP contribution in [0.2, 0.25) is 0 Å². The standard InChI is InChI=1S/C16H15BrO3/c1-19-15-10-13(17)16(20-2)9-12(15)14(18)8-11-6-4-3-5-7-11/h3-7,9-10H,8H2,1-2H3. The van der Waals surface area contributed by atoms with Gasteiger partial charge in [0.1, 0.15) is 11.5 Å². The highest BCUT2D eigenvalue weighted by Crippen LogP contribution is 2.33. The summed E-state index contributed by atoms with van der Waals surface area (Å²) in [5.41, 5.74) is 1.50. The van der Waals surface area contributed by atoms with Gasteiger partial charge in [-0.25, -0.2) is 0 Å². The molecule has 0 aliphatic heterocycles. The Morgan fingerprint density at radius 1 is 1.05 bits per heavy atom. The largest absolute Gasteiger partial charge is 0.496 e. The summed E-state index contributed by atoms with van der Waals surface area (Å²) in [5.74, 6) is 1.15. The lowest BCUT2D eigenvalue weighted by Gasteiger charge is -2.11. The molecule has 20 heavy (non-hydrogen) atoms. The van der Waals surface area contributed by atoms with Crippen molar-refractivity contribution in [1.29, 1.82) is 0 Å². The van der Waals surface area contributed by atoms with Crippen molar-refractivity contribution in [3.05, 3.63) is 58.1 Å². The molecule has 0 fully saturated rings. The molecule has 2 aromatic carbocycles. The van der Waals surface area contributed by atoms with Crippen molar-refractivity contribution in [2.45, 2.75) is 6.42 Å². The molecule has 2 rings (SSSR count). The lowest BCUT2D eigenvalue weighted by Crippen LogP contribution is -2.06. The van der Waals surface area contributed by atoms with E-state index in [9.17, 15) is 4.79 Å². The second-order valence-corrected chi connectivity index (χ2v) is 5.13. The van der Waals surface area contributed by atoms with Crippen molar-refractivity contribution in [2.75, 3.05) is 14.2 Å². The third-order valence-corrected chi connectivity index (χ3v) is 3.60. The molecule has 0 saturated carbocycles. The maximum absolute atomic E-state index is 12.4. The van der Waals surface area contributed by atoms with Crippen LogP contribution in [-0.2, 0) is 6.42 Å². The Hall–Kier alpha value is -1.81. The zero-order valence-corrected chi connectivity index (χ0v) is 12.9. The molecule has 0 aromatic heterocycles. The molecule has 0 spiro atoms. The summed E-state index contributed by atoms with van der Waals surface area (Å²) >= 11 is 3.38. The quantitative estimate of drug-likeness (QED) is 0.778. The van der Waals surface area contributed by atoms with E-state index in [1.165, 1.54) is 0 Å². The van der Waals surface area contributed by atoms with Crippen LogP contribution in [0.15, 0.2) is 46.9 Å². The van der Waals surface area contributed by atoms with Crippen molar-refractivity contribution < 1.29 is 14.3 Å². The third kappa shape index (κ3) is 3.20. The molecule has 104 valence electrons. The van der Waals surface area contributed by atoms with E-state index in [4.69, 9.17) is 9.47 Å². The van der Waals surface area contributed by atoms with Gasteiger partial charge in [-0.05, 0) is 33.6 Å². The summed E-state index contributed by atoms with van der Waals surface area (Å²) in [5, 5.41) is 0. The van der Waals surface area contributed by atoms with Gasteiger partial charge in [-0.15, -0.1) is 0 Å². The first kappa shape index (κ1) is 14.6. The molecule has 0 saturated heterocycles. The zero-order chi connectivity index (χ0) is 14.5. The predicted octanol–water partition coefficient (Wildman–Crippen LogP) is 3.89. The first-order valence-corrected chi connectivity index (χ1v) is 6.93. The molecule has 3 nitrogen and oxygen atoms in total. The highest BCUT2D eigenvalue weighted by atomic mass is 79.9. The molecule has 0 amide bonds. The summed E-state index contributed by atoms with van der Waals surface area (Å²) < 4.78 is 11.3. The minimum atomic E-state index is -0.00106. The van der Waals surface area contributed by atoms with Crippen molar-refractivity contribution in [1.82, 2.24) is 0 Å². The maximum atomic E-state index is 12.4. The monoisotopic (exact) mass is 334 g/mol. The molecule has 0 aliphatic rings. The molecule has 0 N–H and O–H groups in total. The molecule has 4 heteroatoms. The van der Waals surface area contributed by atoms with Gasteiger partial charge in [0.15, 0.2) is 5.78 Å². The van der Waals surface area contributed by atoms with Gasteiger partial charge in [0.2, 0.25) is 0 Å². The fourth-order valence-corrected chi connectivity index (χ4v) is 2.44.